The van der Waals surface area contributed by atoms with E-state index in [0.29, 0.717) is 5.88 Å². The summed E-state index contributed by atoms with van der Waals surface area (Å²) in [5.41, 5.74) is 2.05. The van der Waals surface area contributed by atoms with E-state index in [4.69, 9.17) is 9.47 Å². The van der Waals surface area contributed by atoms with Crippen LogP contribution in [0.2, 0.25) is 0 Å². The van der Waals surface area contributed by atoms with E-state index in [2.05, 4.69) is 26.8 Å². The molecule has 0 amide bonds. The SMILES string of the molecule is CC(C)OC(C)Oc1nsnc1C1=CCCN(C)C1. The quantitative estimate of drug-likeness (QED) is 0.777. The van der Waals surface area contributed by atoms with E-state index in [1.54, 1.807) is 0 Å². The average molecular weight is 283 g/mol. The van der Waals surface area contributed by atoms with Gasteiger partial charge in [-0.1, -0.05) is 6.08 Å². The van der Waals surface area contributed by atoms with Crippen molar-refractivity contribution >= 4 is 17.3 Å². The van der Waals surface area contributed by atoms with Gasteiger partial charge in [0.15, 0.2) is 6.29 Å². The third kappa shape index (κ3) is 3.99. The molecule has 1 unspecified atom stereocenters. The summed E-state index contributed by atoms with van der Waals surface area (Å²) in [4.78, 5) is 2.27. The van der Waals surface area contributed by atoms with Gasteiger partial charge in [0.2, 0.25) is 0 Å². The Hall–Kier alpha value is -0.980. The van der Waals surface area contributed by atoms with Crippen molar-refractivity contribution in [1.82, 2.24) is 13.6 Å². The molecule has 0 fully saturated rings. The fourth-order valence-corrected chi connectivity index (χ4v) is 2.61. The van der Waals surface area contributed by atoms with E-state index in [9.17, 15) is 0 Å². The summed E-state index contributed by atoms with van der Waals surface area (Å²) >= 11 is 1.18. The van der Waals surface area contributed by atoms with Gasteiger partial charge in [0.05, 0.1) is 17.8 Å². The maximum atomic E-state index is 5.74. The molecule has 0 aliphatic carbocycles. The molecule has 106 valence electrons. The van der Waals surface area contributed by atoms with Crippen molar-refractivity contribution in [3.8, 4) is 5.88 Å². The van der Waals surface area contributed by atoms with E-state index in [1.807, 2.05) is 20.8 Å². The van der Waals surface area contributed by atoms with Crippen molar-refractivity contribution in [3.05, 3.63) is 11.8 Å². The van der Waals surface area contributed by atoms with Crippen LogP contribution in [0.3, 0.4) is 0 Å². The summed E-state index contributed by atoms with van der Waals surface area (Å²) < 4.78 is 19.9. The highest BCUT2D eigenvalue weighted by molar-refractivity contribution is 6.99. The van der Waals surface area contributed by atoms with Gasteiger partial charge < -0.3 is 14.4 Å². The van der Waals surface area contributed by atoms with Crippen molar-refractivity contribution in [3.63, 3.8) is 0 Å². The number of hydrogen-bond donors (Lipinski definition) is 0. The summed E-state index contributed by atoms with van der Waals surface area (Å²) in [6, 6.07) is 0. The number of rotatable bonds is 5. The first-order valence-corrected chi connectivity index (χ1v) is 7.32. The Bertz CT molecular complexity index is 445. The largest absolute Gasteiger partial charge is 0.446 e. The molecular formula is C13H21N3O2S. The molecular weight excluding hydrogens is 262 g/mol. The summed E-state index contributed by atoms with van der Waals surface area (Å²) in [6.07, 6.45) is 3.08. The van der Waals surface area contributed by atoms with E-state index in [0.717, 1.165) is 25.2 Å². The van der Waals surface area contributed by atoms with Crippen LogP contribution in [-0.4, -0.2) is 46.2 Å². The fraction of sp³-hybridized carbons (Fsp3) is 0.692. The molecule has 1 aromatic rings. The van der Waals surface area contributed by atoms with Crippen LogP contribution in [0, 0.1) is 0 Å². The first-order chi connectivity index (χ1) is 9.06. The maximum Gasteiger partial charge on any atom is 0.255 e. The predicted octanol–water partition coefficient (Wildman–Crippen LogP) is 2.41. The highest BCUT2D eigenvalue weighted by Gasteiger charge is 2.20. The Morgan fingerprint density at radius 1 is 1.32 bits per heavy atom. The van der Waals surface area contributed by atoms with Gasteiger partial charge >= 0.3 is 0 Å². The monoisotopic (exact) mass is 283 g/mol. The summed E-state index contributed by atoms with van der Waals surface area (Å²) in [7, 11) is 2.11. The molecule has 5 nitrogen and oxygen atoms in total. The highest BCUT2D eigenvalue weighted by atomic mass is 32.1. The first-order valence-electron chi connectivity index (χ1n) is 6.59. The van der Waals surface area contributed by atoms with Gasteiger partial charge in [-0.25, -0.2) is 0 Å². The first kappa shape index (κ1) is 14.4. The van der Waals surface area contributed by atoms with Crippen LogP contribution in [-0.2, 0) is 4.74 Å². The van der Waals surface area contributed by atoms with Gasteiger partial charge in [-0.3, -0.25) is 0 Å². The molecule has 0 saturated heterocycles. The zero-order chi connectivity index (χ0) is 13.8. The molecule has 0 radical (unpaired) electrons. The van der Waals surface area contributed by atoms with Gasteiger partial charge in [0, 0.05) is 13.1 Å². The van der Waals surface area contributed by atoms with Crippen LogP contribution in [0.1, 0.15) is 32.9 Å². The predicted molar refractivity (Wildman–Crippen MR) is 76.3 cm³/mol. The molecule has 1 aliphatic heterocycles. The minimum Gasteiger partial charge on any atom is -0.446 e. The Morgan fingerprint density at radius 2 is 2.11 bits per heavy atom. The van der Waals surface area contributed by atoms with Crippen molar-refractivity contribution in [2.75, 3.05) is 20.1 Å². The molecule has 6 heteroatoms. The van der Waals surface area contributed by atoms with Gasteiger partial charge in [-0.15, -0.1) is 4.37 Å². The summed E-state index contributed by atoms with van der Waals surface area (Å²) in [5, 5.41) is 0. The zero-order valence-corrected chi connectivity index (χ0v) is 12.7. The average Bonchev–Trinajstić information content (AvgIpc) is 2.75. The molecule has 0 bridgehead atoms. The second-order valence-electron chi connectivity index (χ2n) is 5.04. The Labute approximate surface area is 118 Å². The van der Waals surface area contributed by atoms with E-state index in [1.165, 1.54) is 17.3 Å². The van der Waals surface area contributed by atoms with E-state index < -0.39 is 0 Å². The Kier molecular flexibility index (Phi) is 4.90. The topological polar surface area (TPSA) is 47.5 Å². The van der Waals surface area contributed by atoms with Crippen molar-refractivity contribution in [1.29, 1.82) is 0 Å². The minimum absolute atomic E-state index is 0.130. The maximum absolute atomic E-state index is 5.74. The van der Waals surface area contributed by atoms with Crippen LogP contribution in [0.25, 0.3) is 5.57 Å². The van der Waals surface area contributed by atoms with Crippen molar-refractivity contribution < 1.29 is 9.47 Å². The molecule has 1 aromatic heterocycles. The van der Waals surface area contributed by atoms with Crippen LogP contribution in [0.15, 0.2) is 6.08 Å². The lowest BCUT2D eigenvalue weighted by atomic mass is 10.1. The normalized spacial score (nSPS) is 18.5. The fourth-order valence-electron chi connectivity index (χ4n) is 2.09. The number of likely N-dealkylation sites (N-methyl/N-ethyl adjacent to an activating group) is 1. The molecule has 1 aliphatic rings. The number of nitrogens with zero attached hydrogens (tertiary/aromatic N) is 3. The number of aromatic nitrogens is 2. The van der Waals surface area contributed by atoms with E-state index in [-0.39, 0.29) is 12.4 Å². The Morgan fingerprint density at radius 3 is 2.79 bits per heavy atom. The number of hydrogen-bond acceptors (Lipinski definition) is 6. The third-order valence-electron chi connectivity index (χ3n) is 2.85. The summed E-state index contributed by atoms with van der Waals surface area (Å²) in [5.74, 6) is 0.583. The van der Waals surface area contributed by atoms with Gasteiger partial charge in [0.1, 0.15) is 5.69 Å². The van der Waals surface area contributed by atoms with Crippen LogP contribution >= 0.6 is 11.7 Å². The van der Waals surface area contributed by atoms with Crippen LogP contribution < -0.4 is 4.74 Å². The molecule has 2 heterocycles. The molecule has 0 N–H and O–H groups in total. The molecule has 0 aromatic carbocycles. The van der Waals surface area contributed by atoms with Gasteiger partial charge in [0.25, 0.3) is 5.88 Å². The highest BCUT2D eigenvalue weighted by Crippen LogP contribution is 2.27. The van der Waals surface area contributed by atoms with E-state index >= 15 is 0 Å². The summed E-state index contributed by atoms with van der Waals surface area (Å²) in [6.45, 7) is 7.83. The lowest BCUT2D eigenvalue weighted by Gasteiger charge is -2.22. The molecule has 2 rings (SSSR count). The minimum atomic E-state index is -0.315. The van der Waals surface area contributed by atoms with Gasteiger partial charge in [-0.05, 0) is 39.8 Å². The zero-order valence-electron chi connectivity index (χ0n) is 11.9. The Balaban J connectivity index is 2.07. The molecule has 19 heavy (non-hydrogen) atoms. The lowest BCUT2D eigenvalue weighted by Crippen LogP contribution is -2.25. The molecule has 0 saturated carbocycles. The second-order valence-corrected chi connectivity index (χ2v) is 5.57. The smallest absolute Gasteiger partial charge is 0.255 e. The van der Waals surface area contributed by atoms with Crippen molar-refractivity contribution in [2.24, 2.45) is 0 Å². The lowest BCUT2D eigenvalue weighted by molar-refractivity contribution is -0.0967. The van der Waals surface area contributed by atoms with Gasteiger partial charge in [-0.2, -0.15) is 4.37 Å². The van der Waals surface area contributed by atoms with Crippen LogP contribution in [0.5, 0.6) is 5.88 Å². The molecule has 1 atom stereocenters. The van der Waals surface area contributed by atoms with Crippen LogP contribution in [0.4, 0.5) is 0 Å². The third-order valence-corrected chi connectivity index (χ3v) is 3.36. The standard InChI is InChI=1S/C13H21N3O2S/c1-9(2)17-10(3)18-13-12(14-19-15-13)11-6-5-7-16(4)8-11/h6,9-10H,5,7-8H2,1-4H3. The second kappa shape index (κ2) is 6.45. The number of ether oxygens (including phenoxy) is 2. The molecule has 0 spiro atoms. The van der Waals surface area contributed by atoms with Crippen molar-refractivity contribution in [2.45, 2.75) is 39.6 Å².